The molecule has 7 nitrogen and oxygen atoms in total. The number of hydrogen-bond donors (Lipinski definition) is 2. The maximum atomic E-state index is 12.3. The molecule has 2 rings (SSSR count). The molecule has 122 valence electrons. The number of para-hydroxylation sites is 2. The summed E-state index contributed by atoms with van der Waals surface area (Å²) >= 11 is 0. The van der Waals surface area contributed by atoms with Gasteiger partial charge in [-0.05, 0) is 18.2 Å². The minimum absolute atomic E-state index is 0.0299. The van der Waals surface area contributed by atoms with Gasteiger partial charge in [-0.15, -0.1) is 0 Å². The van der Waals surface area contributed by atoms with Crippen LogP contribution in [-0.2, 0) is 11.3 Å². The third kappa shape index (κ3) is 4.77. The molecule has 1 amide bonds. The maximum absolute atomic E-state index is 12.3. The number of amides is 1. The molecule has 0 aliphatic rings. The quantitative estimate of drug-likeness (QED) is 0.814. The summed E-state index contributed by atoms with van der Waals surface area (Å²) < 4.78 is 30.3. The number of carbonyl (C=O) groups is 2. The van der Waals surface area contributed by atoms with Crippen LogP contribution in [0.1, 0.15) is 16.9 Å². The molecule has 1 heterocycles. The van der Waals surface area contributed by atoms with E-state index in [4.69, 9.17) is 5.11 Å². The summed E-state index contributed by atoms with van der Waals surface area (Å²) in [5, 5.41) is 14.9. The standard InChI is InChI=1S/C14H13F2N3O4/c15-14(16)23-11-4-2-1-3-9(11)17-13(22)10-5-7-19(18-10)8-6-12(20)21/h1-5,7,14H,6,8H2,(H,17,22)(H,20,21). The Hall–Kier alpha value is -2.97. The van der Waals surface area contributed by atoms with Crippen molar-refractivity contribution in [1.29, 1.82) is 0 Å². The number of carbonyl (C=O) groups excluding carboxylic acids is 1. The summed E-state index contributed by atoms with van der Waals surface area (Å²) in [5.74, 6) is -1.77. The highest BCUT2D eigenvalue weighted by atomic mass is 19.3. The normalized spacial score (nSPS) is 10.6. The largest absolute Gasteiger partial charge is 0.481 e. The van der Waals surface area contributed by atoms with Crippen molar-refractivity contribution in [2.24, 2.45) is 0 Å². The molecule has 23 heavy (non-hydrogen) atoms. The van der Waals surface area contributed by atoms with Crippen LogP contribution in [0.25, 0.3) is 0 Å². The number of alkyl halides is 2. The Labute approximate surface area is 129 Å². The van der Waals surface area contributed by atoms with Gasteiger partial charge in [-0.25, -0.2) is 0 Å². The Morgan fingerprint density at radius 1 is 1.30 bits per heavy atom. The third-order valence-corrected chi connectivity index (χ3v) is 2.78. The SMILES string of the molecule is O=C(O)CCn1ccc(C(=O)Nc2ccccc2OC(F)F)n1. The number of nitrogens with one attached hydrogen (secondary N) is 1. The summed E-state index contributed by atoms with van der Waals surface area (Å²) in [6, 6.07) is 7.16. The predicted octanol–water partition coefficient (Wildman–Crippen LogP) is 2.21. The Balaban J connectivity index is 2.06. The van der Waals surface area contributed by atoms with Crippen molar-refractivity contribution < 1.29 is 28.2 Å². The molecular weight excluding hydrogens is 312 g/mol. The summed E-state index contributed by atoms with van der Waals surface area (Å²) in [5.41, 5.74) is 0.111. The van der Waals surface area contributed by atoms with E-state index in [-0.39, 0.29) is 30.1 Å². The van der Waals surface area contributed by atoms with Gasteiger partial charge in [0, 0.05) is 6.20 Å². The fraction of sp³-hybridized carbons (Fsp3) is 0.214. The van der Waals surface area contributed by atoms with Crippen LogP contribution in [0.5, 0.6) is 5.75 Å². The molecule has 2 aromatic rings. The molecule has 1 aromatic heterocycles. The highest BCUT2D eigenvalue weighted by Crippen LogP contribution is 2.25. The van der Waals surface area contributed by atoms with Crippen molar-refractivity contribution in [2.75, 3.05) is 5.32 Å². The summed E-state index contributed by atoms with van der Waals surface area (Å²) in [7, 11) is 0. The van der Waals surface area contributed by atoms with E-state index >= 15 is 0 Å². The number of carboxylic acids is 1. The second kappa shape index (κ2) is 7.34. The number of carboxylic acid groups (broad SMARTS) is 1. The molecule has 0 unspecified atom stereocenters. The fourth-order valence-corrected chi connectivity index (χ4v) is 1.77. The molecule has 0 bridgehead atoms. The van der Waals surface area contributed by atoms with E-state index in [9.17, 15) is 18.4 Å². The van der Waals surface area contributed by atoms with Gasteiger partial charge in [-0.3, -0.25) is 14.3 Å². The molecule has 2 N–H and O–H groups in total. The van der Waals surface area contributed by atoms with Crippen LogP contribution in [0.2, 0.25) is 0 Å². The summed E-state index contributed by atoms with van der Waals surface area (Å²) in [4.78, 5) is 22.5. The number of aryl methyl sites for hydroxylation is 1. The lowest BCUT2D eigenvalue weighted by Gasteiger charge is -2.10. The number of rotatable bonds is 7. The lowest BCUT2D eigenvalue weighted by atomic mass is 10.3. The predicted molar refractivity (Wildman–Crippen MR) is 75.5 cm³/mol. The van der Waals surface area contributed by atoms with Crippen LogP contribution in [0.15, 0.2) is 36.5 Å². The first-order chi connectivity index (χ1) is 11.0. The first-order valence-corrected chi connectivity index (χ1v) is 6.56. The maximum Gasteiger partial charge on any atom is 0.387 e. The zero-order valence-electron chi connectivity index (χ0n) is 11.8. The Bertz CT molecular complexity index is 703. The molecule has 0 atom stereocenters. The van der Waals surface area contributed by atoms with Gasteiger partial charge in [-0.2, -0.15) is 13.9 Å². The van der Waals surface area contributed by atoms with Gasteiger partial charge in [0.2, 0.25) is 0 Å². The van der Waals surface area contributed by atoms with Gasteiger partial charge in [-0.1, -0.05) is 12.1 Å². The van der Waals surface area contributed by atoms with E-state index in [1.165, 1.54) is 35.1 Å². The number of hydrogen-bond acceptors (Lipinski definition) is 4. The minimum atomic E-state index is -3.01. The molecule has 1 aromatic carbocycles. The van der Waals surface area contributed by atoms with Crippen LogP contribution < -0.4 is 10.1 Å². The number of aromatic nitrogens is 2. The number of benzene rings is 1. The monoisotopic (exact) mass is 325 g/mol. The summed E-state index contributed by atoms with van der Waals surface area (Å²) in [6.45, 7) is -2.89. The number of halogens is 2. The molecule has 0 saturated carbocycles. The Morgan fingerprint density at radius 3 is 2.74 bits per heavy atom. The highest BCUT2D eigenvalue weighted by Gasteiger charge is 2.14. The summed E-state index contributed by atoms with van der Waals surface area (Å²) in [6.07, 6.45) is 1.33. The van der Waals surface area contributed by atoms with Crippen molar-refractivity contribution in [1.82, 2.24) is 9.78 Å². The van der Waals surface area contributed by atoms with Crippen LogP contribution in [0.4, 0.5) is 14.5 Å². The first-order valence-electron chi connectivity index (χ1n) is 6.56. The van der Waals surface area contributed by atoms with Gasteiger partial charge in [0.25, 0.3) is 5.91 Å². The molecule has 0 saturated heterocycles. The molecule has 9 heteroatoms. The van der Waals surface area contributed by atoms with E-state index in [2.05, 4.69) is 15.2 Å². The molecule has 0 fully saturated rings. The van der Waals surface area contributed by atoms with E-state index < -0.39 is 18.5 Å². The zero-order chi connectivity index (χ0) is 16.8. The van der Waals surface area contributed by atoms with E-state index in [1.54, 1.807) is 6.07 Å². The van der Waals surface area contributed by atoms with Crippen LogP contribution in [0, 0.1) is 0 Å². The van der Waals surface area contributed by atoms with Crippen LogP contribution >= 0.6 is 0 Å². The zero-order valence-corrected chi connectivity index (χ0v) is 11.8. The van der Waals surface area contributed by atoms with E-state index in [0.29, 0.717) is 0 Å². The van der Waals surface area contributed by atoms with E-state index in [0.717, 1.165) is 0 Å². The highest BCUT2D eigenvalue weighted by molar-refractivity contribution is 6.03. The fourth-order valence-electron chi connectivity index (χ4n) is 1.77. The van der Waals surface area contributed by atoms with Crippen molar-refractivity contribution in [3.05, 3.63) is 42.2 Å². The van der Waals surface area contributed by atoms with Crippen molar-refractivity contribution in [3.63, 3.8) is 0 Å². The van der Waals surface area contributed by atoms with Gasteiger partial charge < -0.3 is 15.2 Å². The van der Waals surface area contributed by atoms with Gasteiger partial charge in [0.1, 0.15) is 5.75 Å². The Morgan fingerprint density at radius 2 is 2.04 bits per heavy atom. The van der Waals surface area contributed by atoms with Gasteiger partial charge in [0.15, 0.2) is 5.69 Å². The topological polar surface area (TPSA) is 93.5 Å². The molecular formula is C14H13F2N3O4. The van der Waals surface area contributed by atoms with Crippen molar-refractivity contribution in [2.45, 2.75) is 19.6 Å². The van der Waals surface area contributed by atoms with Crippen LogP contribution in [-0.4, -0.2) is 33.4 Å². The molecule has 0 spiro atoms. The molecule has 0 aliphatic heterocycles. The smallest absolute Gasteiger partial charge is 0.387 e. The average molecular weight is 325 g/mol. The lowest BCUT2D eigenvalue weighted by molar-refractivity contribution is -0.137. The number of nitrogens with zero attached hydrogens (tertiary/aromatic N) is 2. The average Bonchev–Trinajstić information content (AvgIpc) is 2.95. The Kier molecular flexibility index (Phi) is 5.23. The second-order valence-corrected chi connectivity index (χ2v) is 4.44. The second-order valence-electron chi connectivity index (χ2n) is 4.44. The van der Waals surface area contributed by atoms with Crippen LogP contribution in [0.3, 0.4) is 0 Å². The van der Waals surface area contributed by atoms with Crippen molar-refractivity contribution in [3.8, 4) is 5.75 Å². The minimum Gasteiger partial charge on any atom is -0.481 e. The van der Waals surface area contributed by atoms with E-state index in [1.807, 2.05) is 0 Å². The number of anilines is 1. The van der Waals surface area contributed by atoms with Gasteiger partial charge in [0.05, 0.1) is 18.7 Å². The van der Waals surface area contributed by atoms with Gasteiger partial charge >= 0.3 is 12.6 Å². The lowest BCUT2D eigenvalue weighted by Crippen LogP contribution is -2.15. The van der Waals surface area contributed by atoms with Crippen molar-refractivity contribution >= 4 is 17.6 Å². The molecule has 0 aliphatic carbocycles. The first kappa shape index (κ1) is 16.4. The number of aliphatic carboxylic acids is 1. The number of ether oxygens (including phenoxy) is 1. The molecule has 0 radical (unpaired) electrons. The third-order valence-electron chi connectivity index (χ3n) is 2.78.